The highest BCUT2D eigenvalue weighted by Crippen LogP contribution is 2.26. The van der Waals surface area contributed by atoms with E-state index in [1.165, 1.54) is 6.40 Å². The van der Waals surface area contributed by atoms with Gasteiger partial charge in [-0.1, -0.05) is 0 Å². The average molecular weight is 192 g/mol. The van der Waals surface area contributed by atoms with Gasteiger partial charge in [0, 0.05) is 12.4 Å². The van der Waals surface area contributed by atoms with Crippen LogP contribution < -0.4 is 0 Å². The summed E-state index contributed by atoms with van der Waals surface area (Å²) in [5.41, 5.74) is 0.768. The van der Waals surface area contributed by atoms with Crippen LogP contribution >= 0.6 is 0 Å². The van der Waals surface area contributed by atoms with Crippen molar-refractivity contribution in [2.75, 3.05) is 0 Å². The van der Waals surface area contributed by atoms with Crippen molar-refractivity contribution in [1.29, 1.82) is 0 Å². The Kier molecular flexibility index (Phi) is 2.14. The maximum atomic E-state index is 10.8. The number of rotatable bonds is 2. The van der Waals surface area contributed by atoms with Gasteiger partial charge in [-0.3, -0.25) is 4.98 Å². The summed E-state index contributed by atoms with van der Waals surface area (Å²) in [4.78, 5) is 18.3. The van der Waals surface area contributed by atoms with Crippen molar-refractivity contribution in [3.8, 4) is 0 Å². The Balaban J connectivity index is 2.24. The van der Waals surface area contributed by atoms with Gasteiger partial charge < -0.3 is 9.84 Å². The minimum atomic E-state index is -0.986. The summed E-state index contributed by atoms with van der Waals surface area (Å²) < 4.78 is 5.11. The van der Waals surface area contributed by atoms with Crippen LogP contribution in [0.15, 0.2) is 29.5 Å². The molecule has 1 aromatic heterocycles. The molecule has 5 nitrogen and oxygen atoms in total. The number of carboxylic acids is 1. The summed E-state index contributed by atoms with van der Waals surface area (Å²) in [6.07, 6.45) is 3.84. The minimum absolute atomic E-state index is 0.532. The number of carboxylic acid groups (broad SMARTS) is 1. The molecule has 0 fully saturated rings. The number of aliphatic carboxylic acids is 1. The molecule has 5 heteroatoms. The van der Waals surface area contributed by atoms with E-state index in [0.29, 0.717) is 0 Å². The minimum Gasteiger partial charge on any atom is -0.480 e. The fourth-order valence-electron chi connectivity index (χ4n) is 1.33. The van der Waals surface area contributed by atoms with Crippen LogP contribution in [0.5, 0.6) is 0 Å². The van der Waals surface area contributed by atoms with Crippen molar-refractivity contribution in [2.45, 2.75) is 12.1 Å². The molecule has 0 aliphatic carbocycles. The third-order valence-electron chi connectivity index (χ3n) is 2.00. The second-order valence-electron chi connectivity index (χ2n) is 2.87. The first-order valence-corrected chi connectivity index (χ1v) is 4.09. The summed E-state index contributed by atoms with van der Waals surface area (Å²) in [6.45, 7) is 0. The number of pyridine rings is 1. The first-order valence-electron chi connectivity index (χ1n) is 4.09. The third-order valence-corrected chi connectivity index (χ3v) is 2.00. The van der Waals surface area contributed by atoms with E-state index in [2.05, 4.69) is 9.98 Å². The quantitative estimate of drug-likeness (QED) is 0.746. The smallest absolute Gasteiger partial charge is 0.332 e. The van der Waals surface area contributed by atoms with Crippen LogP contribution in [0.2, 0.25) is 0 Å². The Bertz CT molecular complexity index is 364. The van der Waals surface area contributed by atoms with E-state index in [1.54, 1.807) is 24.5 Å². The largest absolute Gasteiger partial charge is 0.480 e. The van der Waals surface area contributed by atoms with E-state index in [9.17, 15) is 4.79 Å². The van der Waals surface area contributed by atoms with E-state index < -0.39 is 18.1 Å². The first kappa shape index (κ1) is 8.68. The van der Waals surface area contributed by atoms with Crippen molar-refractivity contribution in [3.05, 3.63) is 30.1 Å². The molecule has 0 amide bonds. The fraction of sp³-hybridized carbons (Fsp3) is 0.222. The Morgan fingerprint density at radius 1 is 1.43 bits per heavy atom. The topological polar surface area (TPSA) is 71.8 Å². The summed E-state index contributed by atoms with van der Waals surface area (Å²) in [5, 5.41) is 8.84. The zero-order chi connectivity index (χ0) is 9.97. The van der Waals surface area contributed by atoms with Gasteiger partial charge in [-0.15, -0.1) is 0 Å². The number of hydrogen-bond donors (Lipinski definition) is 1. The summed E-state index contributed by atoms with van der Waals surface area (Å²) in [7, 11) is 0. The van der Waals surface area contributed by atoms with Crippen LogP contribution in [0.4, 0.5) is 0 Å². The lowest BCUT2D eigenvalue weighted by atomic mass is 10.0. The van der Waals surface area contributed by atoms with Gasteiger partial charge in [0.25, 0.3) is 0 Å². The number of nitrogens with zero attached hydrogens (tertiary/aromatic N) is 2. The van der Waals surface area contributed by atoms with Crippen molar-refractivity contribution in [3.63, 3.8) is 0 Å². The zero-order valence-electron chi connectivity index (χ0n) is 7.20. The molecule has 1 aliphatic rings. The maximum Gasteiger partial charge on any atom is 0.332 e. The third kappa shape index (κ3) is 1.44. The van der Waals surface area contributed by atoms with Crippen molar-refractivity contribution in [2.24, 2.45) is 4.99 Å². The molecular formula is C9H8N2O3. The molecule has 2 atom stereocenters. The van der Waals surface area contributed by atoms with Gasteiger partial charge in [-0.25, -0.2) is 9.79 Å². The van der Waals surface area contributed by atoms with Gasteiger partial charge in [-0.2, -0.15) is 0 Å². The van der Waals surface area contributed by atoms with Gasteiger partial charge in [-0.05, 0) is 17.7 Å². The highest BCUT2D eigenvalue weighted by atomic mass is 16.5. The summed E-state index contributed by atoms with van der Waals surface area (Å²) in [6, 6.07) is 2.59. The molecule has 14 heavy (non-hydrogen) atoms. The molecule has 1 N–H and O–H groups in total. The predicted octanol–water partition coefficient (Wildman–Crippen LogP) is 0.634. The average Bonchev–Trinajstić information content (AvgIpc) is 2.67. The Morgan fingerprint density at radius 3 is 2.79 bits per heavy atom. The van der Waals surface area contributed by atoms with Crippen LogP contribution in [0.1, 0.15) is 11.7 Å². The molecule has 0 spiro atoms. The molecule has 0 radical (unpaired) electrons. The molecular weight excluding hydrogens is 184 g/mol. The number of hydrogen-bond acceptors (Lipinski definition) is 4. The lowest BCUT2D eigenvalue weighted by molar-refractivity contribution is -0.140. The SMILES string of the molecule is O=C(O)C1N=CO[C@@H]1c1ccncc1. The van der Waals surface area contributed by atoms with Crippen molar-refractivity contribution >= 4 is 12.4 Å². The van der Waals surface area contributed by atoms with E-state index in [4.69, 9.17) is 9.84 Å². The van der Waals surface area contributed by atoms with E-state index in [1.807, 2.05) is 0 Å². The van der Waals surface area contributed by atoms with Crippen molar-refractivity contribution < 1.29 is 14.6 Å². The molecule has 1 aliphatic heterocycles. The molecule has 2 heterocycles. The normalized spacial score (nSPS) is 24.6. The highest BCUT2D eigenvalue weighted by Gasteiger charge is 2.33. The van der Waals surface area contributed by atoms with Crippen LogP contribution in [-0.4, -0.2) is 28.5 Å². The number of aromatic nitrogens is 1. The molecule has 0 aromatic carbocycles. The first-order chi connectivity index (χ1) is 6.79. The van der Waals surface area contributed by atoms with Gasteiger partial charge >= 0.3 is 5.97 Å². The maximum absolute atomic E-state index is 10.8. The Labute approximate surface area is 80.1 Å². The molecule has 0 saturated carbocycles. The van der Waals surface area contributed by atoms with Crippen LogP contribution in [-0.2, 0) is 9.53 Å². The summed E-state index contributed by atoms with van der Waals surface area (Å²) in [5.74, 6) is -0.986. The highest BCUT2D eigenvalue weighted by molar-refractivity contribution is 5.78. The number of carbonyl (C=O) groups is 1. The number of ether oxygens (including phenoxy) is 1. The summed E-state index contributed by atoms with van der Waals surface area (Å²) >= 11 is 0. The van der Waals surface area contributed by atoms with Gasteiger partial charge in [0.2, 0.25) is 0 Å². The molecule has 0 bridgehead atoms. The van der Waals surface area contributed by atoms with Crippen molar-refractivity contribution in [1.82, 2.24) is 4.98 Å². The van der Waals surface area contributed by atoms with E-state index >= 15 is 0 Å². The van der Waals surface area contributed by atoms with Gasteiger partial charge in [0.15, 0.2) is 18.5 Å². The Hall–Kier alpha value is -1.91. The predicted molar refractivity (Wildman–Crippen MR) is 48.0 cm³/mol. The standard InChI is InChI=1S/C9H8N2O3/c12-9(13)7-8(14-5-11-7)6-1-3-10-4-2-6/h1-5,7-8H,(H,12,13)/t7?,8-/m1/s1. The van der Waals surface area contributed by atoms with Crippen LogP contribution in [0.25, 0.3) is 0 Å². The second kappa shape index (κ2) is 3.45. The van der Waals surface area contributed by atoms with Gasteiger partial charge in [0.1, 0.15) is 0 Å². The lowest BCUT2D eigenvalue weighted by Gasteiger charge is -2.13. The molecule has 72 valence electrons. The second-order valence-corrected chi connectivity index (χ2v) is 2.87. The zero-order valence-corrected chi connectivity index (χ0v) is 7.20. The Morgan fingerprint density at radius 2 is 2.14 bits per heavy atom. The molecule has 0 saturated heterocycles. The molecule has 1 unspecified atom stereocenters. The number of aliphatic imine (C=N–C) groups is 1. The van der Waals surface area contributed by atoms with Gasteiger partial charge in [0.05, 0.1) is 0 Å². The lowest BCUT2D eigenvalue weighted by Crippen LogP contribution is -2.23. The van der Waals surface area contributed by atoms with E-state index in [-0.39, 0.29) is 0 Å². The molecule has 2 rings (SSSR count). The van der Waals surface area contributed by atoms with Crippen LogP contribution in [0, 0.1) is 0 Å². The molecule has 1 aromatic rings. The van der Waals surface area contributed by atoms with E-state index in [0.717, 1.165) is 5.56 Å². The monoisotopic (exact) mass is 192 g/mol. The fourth-order valence-corrected chi connectivity index (χ4v) is 1.33. The van der Waals surface area contributed by atoms with Crippen LogP contribution in [0.3, 0.4) is 0 Å².